The molecule has 0 aliphatic carbocycles. The first-order chi connectivity index (χ1) is 15.9. The van der Waals surface area contributed by atoms with Crippen molar-refractivity contribution in [2.75, 3.05) is 36.4 Å². The van der Waals surface area contributed by atoms with Crippen molar-refractivity contribution in [1.82, 2.24) is 4.90 Å². The number of nitrogens with zero attached hydrogens (tertiary/aromatic N) is 2. The van der Waals surface area contributed by atoms with Gasteiger partial charge in [0.25, 0.3) is 5.91 Å². The van der Waals surface area contributed by atoms with Gasteiger partial charge in [-0.1, -0.05) is 67.9 Å². The Morgan fingerprint density at radius 3 is 2.09 bits per heavy atom. The number of carbonyl (C=O) groups is 2. The van der Waals surface area contributed by atoms with Gasteiger partial charge >= 0.3 is 0 Å². The molecule has 0 atom stereocenters. The molecule has 5 nitrogen and oxygen atoms in total. The molecule has 33 heavy (non-hydrogen) atoms. The highest BCUT2D eigenvalue weighted by Crippen LogP contribution is 2.30. The molecule has 1 aliphatic heterocycles. The quantitative estimate of drug-likeness (QED) is 0.540. The third-order valence-electron chi connectivity index (χ3n) is 5.89. The van der Waals surface area contributed by atoms with E-state index in [1.165, 1.54) is 0 Å². The van der Waals surface area contributed by atoms with E-state index in [4.69, 9.17) is 11.6 Å². The maximum absolute atomic E-state index is 12.7. The van der Waals surface area contributed by atoms with Gasteiger partial charge in [-0.15, -0.1) is 0 Å². The van der Waals surface area contributed by atoms with Crippen molar-refractivity contribution in [2.45, 2.75) is 13.8 Å². The Morgan fingerprint density at radius 2 is 1.48 bits per heavy atom. The smallest absolute Gasteiger partial charge is 0.255 e. The molecule has 0 saturated carbocycles. The van der Waals surface area contributed by atoms with Crippen LogP contribution in [0.2, 0.25) is 5.02 Å². The molecule has 3 aromatic rings. The van der Waals surface area contributed by atoms with Crippen LogP contribution in [0.1, 0.15) is 24.2 Å². The Bertz CT molecular complexity index is 1120. The Kier molecular flexibility index (Phi) is 6.99. The molecule has 0 aromatic heterocycles. The van der Waals surface area contributed by atoms with Crippen molar-refractivity contribution in [1.29, 1.82) is 0 Å². The molecule has 0 bridgehead atoms. The standard InChI is InChI=1S/C27H28ClN3O2/c1-19(2)27(33)31-16-14-30(15-17-31)25-13-12-23(18-24(25)28)29-26(32)22-10-8-21(9-11-22)20-6-4-3-5-7-20/h3-13,18-19H,14-17H2,1-2H3,(H,29,32). The average molecular weight is 462 g/mol. The number of hydrogen-bond acceptors (Lipinski definition) is 3. The summed E-state index contributed by atoms with van der Waals surface area (Å²) in [5, 5.41) is 3.51. The fourth-order valence-electron chi connectivity index (χ4n) is 4.02. The number of anilines is 2. The summed E-state index contributed by atoms with van der Waals surface area (Å²) in [5.74, 6) is 0.0208. The van der Waals surface area contributed by atoms with Gasteiger partial charge in [-0.3, -0.25) is 9.59 Å². The van der Waals surface area contributed by atoms with Gasteiger partial charge < -0.3 is 15.1 Å². The highest BCUT2D eigenvalue weighted by molar-refractivity contribution is 6.33. The third kappa shape index (κ3) is 5.37. The normalized spacial score (nSPS) is 13.8. The van der Waals surface area contributed by atoms with Crippen LogP contribution in [-0.4, -0.2) is 42.9 Å². The number of hydrogen-bond donors (Lipinski definition) is 1. The first-order valence-electron chi connectivity index (χ1n) is 11.2. The van der Waals surface area contributed by atoms with E-state index in [9.17, 15) is 9.59 Å². The predicted molar refractivity (Wildman–Crippen MR) is 135 cm³/mol. The summed E-state index contributed by atoms with van der Waals surface area (Å²) < 4.78 is 0. The number of carbonyl (C=O) groups excluding carboxylic acids is 2. The Balaban J connectivity index is 1.38. The second-order valence-electron chi connectivity index (χ2n) is 8.53. The van der Waals surface area contributed by atoms with E-state index in [-0.39, 0.29) is 17.7 Å². The van der Waals surface area contributed by atoms with Gasteiger partial charge in [0, 0.05) is 43.3 Å². The highest BCUT2D eigenvalue weighted by atomic mass is 35.5. The van der Waals surface area contributed by atoms with Gasteiger partial charge in [0.15, 0.2) is 0 Å². The fourth-order valence-corrected chi connectivity index (χ4v) is 4.32. The topological polar surface area (TPSA) is 52.7 Å². The Morgan fingerprint density at radius 1 is 0.848 bits per heavy atom. The number of nitrogens with one attached hydrogen (secondary N) is 1. The molecule has 4 rings (SSSR count). The lowest BCUT2D eigenvalue weighted by atomic mass is 10.0. The second-order valence-corrected chi connectivity index (χ2v) is 8.94. The minimum atomic E-state index is -0.181. The summed E-state index contributed by atoms with van der Waals surface area (Å²) in [6.07, 6.45) is 0. The predicted octanol–water partition coefficient (Wildman–Crippen LogP) is 5.56. The van der Waals surface area contributed by atoms with Crippen molar-refractivity contribution >= 4 is 34.8 Å². The average Bonchev–Trinajstić information content (AvgIpc) is 2.84. The van der Waals surface area contributed by atoms with E-state index in [2.05, 4.69) is 10.2 Å². The highest BCUT2D eigenvalue weighted by Gasteiger charge is 2.24. The van der Waals surface area contributed by atoms with E-state index in [1.807, 2.05) is 85.5 Å². The summed E-state index contributed by atoms with van der Waals surface area (Å²) in [6, 6.07) is 23.2. The van der Waals surface area contributed by atoms with Crippen LogP contribution in [-0.2, 0) is 4.79 Å². The first-order valence-corrected chi connectivity index (χ1v) is 11.6. The van der Waals surface area contributed by atoms with Crippen molar-refractivity contribution < 1.29 is 9.59 Å². The number of benzene rings is 3. The Labute approximate surface area is 200 Å². The zero-order chi connectivity index (χ0) is 23.4. The van der Waals surface area contributed by atoms with Crippen LogP contribution >= 0.6 is 11.6 Å². The van der Waals surface area contributed by atoms with Crippen molar-refractivity contribution in [3.05, 3.63) is 83.4 Å². The molecular formula is C27H28ClN3O2. The SMILES string of the molecule is CC(C)C(=O)N1CCN(c2ccc(NC(=O)c3ccc(-c4ccccc4)cc3)cc2Cl)CC1. The fraction of sp³-hybridized carbons (Fsp3) is 0.259. The minimum absolute atomic E-state index is 0.0116. The van der Waals surface area contributed by atoms with Gasteiger partial charge in [-0.05, 0) is 41.5 Å². The number of halogens is 1. The van der Waals surface area contributed by atoms with Crippen LogP contribution in [0.15, 0.2) is 72.8 Å². The van der Waals surface area contributed by atoms with Crippen LogP contribution < -0.4 is 10.2 Å². The maximum atomic E-state index is 12.7. The summed E-state index contributed by atoms with van der Waals surface area (Å²) in [7, 11) is 0. The number of amides is 2. The number of piperazine rings is 1. The second kappa shape index (κ2) is 10.1. The van der Waals surface area contributed by atoms with Gasteiger partial charge in [-0.25, -0.2) is 0 Å². The van der Waals surface area contributed by atoms with Crippen molar-refractivity contribution in [2.24, 2.45) is 5.92 Å². The van der Waals surface area contributed by atoms with Crippen LogP contribution in [0.5, 0.6) is 0 Å². The van der Waals surface area contributed by atoms with E-state index in [0.29, 0.717) is 29.4 Å². The number of rotatable bonds is 5. The van der Waals surface area contributed by atoms with Gasteiger partial charge in [-0.2, -0.15) is 0 Å². The Hall–Kier alpha value is -3.31. The molecule has 2 amide bonds. The van der Waals surface area contributed by atoms with Crippen LogP contribution in [0.25, 0.3) is 11.1 Å². The summed E-state index contributed by atoms with van der Waals surface area (Å²) in [6.45, 7) is 6.69. The summed E-state index contributed by atoms with van der Waals surface area (Å²) in [5.41, 5.74) is 4.32. The molecule has 0 radical (unpaired) electrons. The summed E-state index contributed by atoms with van der Waals surface area (Å²) >= 11 is 6.56. The van der Waals surface area contributed by atoms with E-state index < -0.39 is 0 Å². The van der Waals surface area contributed by atoms with Crippen LogP contribution in [0, 0.1) is 5.92 Å². The molecule has 1 aliphatic rings. The molecule has 6 heteroatoms. The lowest BCUT2D eigenvalue weighted by Crippen LogP contribution is -2.50. The largest absolute Gasteiger partial charge is 0.367 e. The third-order valence-corrected chi connectivity index (χ3v) is 6.19. The van der Waals surface area contributed by atoms with E-state index in [1.54, 1.807) is 6.07 Å². The molecule has 0 spiro atoms. The van der Waals surface area contributed by atoms with Gasteiger partial charge in [0.2, 0.25) is 5.91 Å². The lowest BCUT2D eigenvalue weighted by molar-refractivity contribution is -0.134. The molecule has 1 saturated heterocycles. The van der Waals surface area contributed by atoms with Crippen molar-refractivity contribution in [3.63, 3.8) is 0 Å². The molecule has 1 fully saturated rings. The first kappa shape index (κ1) is 22.9. The van der Waals surface area contributed by atoms with Crippen LogP contribution in [0.4, 0.5) is 11.4 Å². The minimum Gasteiger partial charge on any atom is -0.367 e. The van der Waals surface area contributed by atoms with Gasteiger partial charge in [0.1, 0.15) is 0 Å². The zero-order valence-electron chi connectivity index (χ0n) is 18.9. The van der Waals surface area contributed by atoms with Gasteiger partial charge in [0.05, 0.1) is 10.7 Å². The monoisotopic (exact) mass is 461 g/mol. The molecular weight excluding hydrogens is 434 g/mol. The summed E-state index contributed by atoms with van der Waals surface area (Å²) in [4.78, 5) is 29.0. The maximum Gasteiger partial charge on any atom is 0.255 e. The van der Waals surface area contributed by atoms with E-state index in [0.717, 1.165) is 29.9 Å². The van der Waals surface area contributed by atoms with Crippen LogP contribution in [0.3, 0.4) is 0 Å². The molecule has 3 aromatic carbocycles. The molecule has 1 heterocycles. The van der Waals surface area contributed by atoms with E-state index >= 15 is 0 Å². The lowest BCUT2D eigenvalue weighted by Gasteiger charge is -2.37. The van der Waals surface area contributed by atoms with Crippen molar-refractivity contribution in [3.8, 4) is 11.1 Å². The molecule has 1 N–H and O–H groups in total. The zero-order valence-corrected chi connectivity index (χ0v) is 19.7. The molecule has 0 unspecified atom stereocenters. The molecule has 170 valence electrons.